The Morgan fingerprint density at radius 3 is 2.44 bits per heavy atom. The van der Waals surface area contributed by atoms with Crippen LogP contribution in [-0.4, -0.2) is 64.0 Å². The molecule has 0 unspecified atom stereocenters. The molecular weight excluding hydrogens is 472 g/mol. The van der Waals surface area contributed by atoms with Crippen molar-refractivity contribution in [3.63, 3.8) is 0 Å². The van der Waals surface area contributed by atoms with Gasteiger partial charge in [-0.3, -0.25) is 4.79 Å². The van der Waals surface area contributed by atoms with Gasteiger partial charge in [0.1, 0.15) is 10.6 Å². The van der Waals surface area contributed by atoms with Gasteiger partial charge in [0.05, 0.1) is 20.3 Å². The van der Waals surface area contributed by atoms with Gasteiger partial charge in [-0.15, -0.1) is 0 Å². The van der Waals surface area contributed by atoms with Gasteiger partial charge in [-0.25, -0.2) is 22.0 Å². The van der Waals surface area contributed by atoms with Crippen molar-refractivity contribution in [1.82, 2.24) is 4.31 Å². The van der Waals surface area contributed by atoms with Crippen LogP contribution >= 0.6 is 0 Å². The molecule has 0 saturated carbocycles. The molecule has 1 aliphatic rings. The van der Waals surface area contributed by atoms with E-state index in [9.17, 15) is 26.8 Å². The number of carbonyl (C=O) groups excluding carboxylic acids is 2. The Kier molecular flexibility index (Phi) is 8.13. The van der Waals surface area contributed by atoms with Crippen LogP contribution in [0.1, 0.15) is 22.8 Å². The third-order valence-corrected chi connectivity index (χ3v) is 6.97. The molecule has 2 aromatic rings. The summed E-state index contributed by atoms with van der Waals surface area (Å²) in [6.07, 6.45) is 1.10. The lowest BCUT2D eigenvalue weighted by atomic mass is 10.1. The summed E-state index contributed by atoms with van der Waals surface area (Å²) in [6, 6.07) is 7.01. The second-order valence-electron chi connectivity index (χ2n) is 7.33. The second kappa shape index (κ2) is 10.9. The summed E-state index contributed by atoms with van der Waals surface area (Å²) < 4.78 is 69.2. The fraction of sp³-hybridized carbons (Fsp3) is 0.304. The normalized spacial score (nSPS) is 15.8. The minimum absolute atomic E-state index is 0.0608. The summed E-state index contributed by atoms with van der Waals surface area (Å²) in [5.41, 5.74) is 0.237. The van der Waals surface area contributed by atoms with Gasteiger partial charge in [-0.1, -0.05) is 6.07 Å². The van der Waals surface area contributed by atoms with Crippen molar-refractivity contribution in [1.29, 1.82) is 0 Å². The fourth-order valence-corrected chi connectivity index (χ4v) is 4.84. The summed E-state index contributed by atoms with van der Waals surface area (Å²) >= 11 is 0. The van der Waals surface area contributed by atoms with E-state index in [-0.39, 0.29) is 42.5 Å². The minimum atomic E-state index is -3.86. The Morgan fingerprint density at radius 2 is 1.79 bits per heavy atom. The number of carbonyl (C=O) groups is 2. The maximum Gasteiger partial charge on any atom is 0.331 e. The van der Waals surface area contributed by atoms with Crippen LogP contribution in [0.2, 0.25) is 0 Å². The average molecular weight is 496 g/mol. The van der Waals surface area contributed by atoms with E-state index in [1.165, 1.54) is 36.5 Å². The summed E-state index contributed by atoms with van der Waals surface area (Å²) in [4.78, 5) is 24.4. The van der Waals surface area contributed by atoms with Crippen molar-refractivity contribution in [2.75, 3.05) is 33.4 Å². The molecule has 0 radical (unpaired) electrons. The first-order chi connectivity index (χ1) is 16.1. The zero-order valence-electron chi connectivity index (χ0n) is 18.5. The molecule has 0 N–H and O–H groups in total. The van der Waals surface area contributed by atoms with Crippen LogP contribution in [-0.2, 0) is 24.3 Å². The van der Waals surface area contributed by atoms with Gasteiger partial charge in [0, 0.05) is 24.7 Å². The van der Waals surface area contributed by atoms with E-state index < -0.39 is 39.5 Å². The first-order valence-corrected chi connectivity index (χ1v) is 11.7. The topological polar surface area (TPSA) is 99.2 Å². The van der Waals surface area contributed by atoms with Gasteiger partial charge in [0.25, 0.3) is 0 Å². The minimum Gasteiger partial charge on any atom is -0.495 e. The Bertz CT molecular complexity index is 1210. The van der Waals surface area contributed by atoms with Crippen molar-refractivity contribution in [3.8, 4) is 5.75 Å². The summed E-state index contributed by atoms with van der Waals surface area (Å²) in [5.74, 6) is -3.72. The van der Waals surface area contributed by atoms with Gasteiger partial charge >= 0.3 is 5.97 Å². The molecule has 34 heavy (non-hydrogen) atoms. The maximum atomic E-state index is 13.4. The van der Waals surface area contributed by atoms with E-state index in [4.69, 9.17) is 14.2 Å². The van der Waals surface area contributed by atoms with Crippen molar-refractivity contribution in [3.05, 3.63) is 65.2 Å². The second-order valence-corrected chi connectivity index (χ2v) is 9.24. The lowest BCUT2D eigenvalue weighted by molar-refractivity contribution is -0.140. The van der Waals surface area contributed by atoms with E-state index in [1.54, 1.807) is 6.07 Å². The first kappa shape index (κ1) is 25.5. The molecule has 1 heterocycles. The predicted octanol–water partition coefficient (Wildman–Crippen LogP) is 2.82. The van der Waals surface area contributed by atoms with Crippen LogP contribution in [0, 0.1) is 11.6 Å². The molecule has 11 heteroatoms. The Morgan fingerprint density at radius 1 is 1.09 bits per heavy atom. The molecule has 8 nitrogen and oxygen atoms in total. The standard InChI is InChI=1S/C23H23F2NO7S/c1-15(23(28)17-5-6-18(24)19(25)14-17)33-22(27)8-4-16-3-7-20(31-2)21(13-16)34(29,30)26-9-11-32-12-10-26/h3-8,13-15H,9-12H2,1-2H3/b8-4-/t15-/m1/s1. The van der Waals surface area contributed by atoms with Crippen molar-refractivity contribution in [2.24, 2.45) is 0 Å². The SMILES string of the molecule is COc1ccc(/C=C\C(=O)O[C@H](C)C(=O)c2ccc(F)c(F)c2)cc1S(=O)(=O)N1CCOCC1. The van der Waals surface area contributed by atoms with Crippen LogP contribution in [0.25, 0.3) is 6.08 Å². The van der Waals surface area contributed by atoms with Crippen LogP contribution in [0.5, 0.6) is 5.75 Å². The Hall–Kier alpha value is -3.15. The van der Waals surface area contributed by atoms with Crippen molar-refractivity contribution < 1.29 is 41.0 Å². The molecule has 0 bridgehead atoms. The van der Waals surface area contributed by atoms with Crippen LogP contribution in [0.4, 0.5) is 8.78 Å². The molecule has 1 saturated heterocycles. The number of ketones is 1. The maximum absolute atomic E-state index is 13.4. The van der Waals surface area contributed by atoms with E-state index in [0.717, 1.165) is 24.3 Å². The Labute approximate surface area is 195 Å². The van der Waals surface area contributed by atoms with Gasteiger partial charge in [-0.05, 0) is 48.9 Å². The number of benzene rings is 2. The predicted molar refractivity (Wildman–Crippen MR) is 118 cm³/mol. The van der Waals surface area contributed by atoms with Crippen molar-refractivity contribution in [2.45, 2.75) is 17.9 Å². The molecule has 1 fully saturated rings. The number of rotatable bonds is 8. The highest BCUT2D eigenvalue weighted by atomic mass is 32.2. The van der Waals surface area contributed by atoms with Crippen LogP contribution in [0.3, 0.4) is 0 Å². The smallest absolute Gasteiger partial charge is 0.331 e. The Balaban J connectivity index is 1.73. The molecule has 0 aliphatic carbocycles. The van der Waals surface area contributed by atoms with Crippen molar-refractivity contribution >= 4 is 27.9 Å². The van der Waals surface area contributed by atoms with Gasteiger partial charge in [-0.2, -0.15) is 4.31 Å². The van der Waals surface area contributed by atoms with Gasteiger partial charge < -0.3 is 14.2 Å². The van der Waals surface area contributed by atoms with E-state index in [0.29, 0.717) is 5.56 Å². The number of halogens is 2. The lowest BCUT2D eigenvalue weighted by Gasteiger charge is -2.26. The zero-order valence-corrected chi connectivity index (χ0v) is 19.3. The first-order valence-electron chi connectivity index (χ1n) is 10.3. The number of hydrogen-bond donors (Lipinski definition) is 0. The molecule has 3 rings (SSSR count). The average Bonchev–Trinajstić information content (AvgIpc) is 2.84. The van der Waals surface area contributed by atoms with Gasteiger partial charge in [0.2, 0.25) is 15.8 Å². The third-order valence-electron chi connectivity index (χ3n) is 5.05. The number of sulfonamides is 1. The summed E-state index contributed by atoms with van der Waals surface area (Å²) in [7, 11) is -2.50. The number of esters is 1. The molecule has 0 spiro atoms. The summed E-state index contributed by atoms with van der Waals surface area (Å²) in [6.45, 7) is 2.29. The highest BCUT2D eigenvalue weighted by Crippen LogP contribution is 2.29. The molecule has 0 amide bonds. The highest BCUT2D eigenvalue weighted by molar-refractivity contribution is 7.89. The lowest BCUT2D eigenvalue weighted by Crippen LogP contribution is -2.40. The largest absolute Gasteiger partial charge is 0.495 e. The number of Topliss-reactive ketones (excluding diaryl/α,β-unsaturated/α-hetero) is 1. The number of nitrogens with zero attached hydrogens (tertiary/aromatic N) is 1. The highest BCUT2D eigenvalue weighted by Gasteiger charge is 2.29. The number of ether oxygens (including phenoxy) is 3. The zero-order chi connectivity index (χ0) is 24.9. The van der Waals surface area contributed by atoms with Gasteiger partial charge in [0.15, 0.2) is 17.7 Å². The molecule has 0 aromatic heterocycles. The van der Waals surface area contributed by atoms with E-state index >= 15 is 0 Å². The fourth-order valence-electron chi connectivity index (χ4n) is 3.24. The summed E-state index contributed by atoms with van der Waals surface area (Å²) in [5, 5.41) is 0. The van der Waals surface area contributed by atoms with E-state index in [1.807, 2.05) is 0 Å². The molecule has 1 atom stereocenters. The number of morpholine rings is 1. The number of methoxy groups -OCH3 is 1. The number of hydrogen-bond acceptors (Lipinski definition) is 7. The van der Waals surface area contributed by atoms with E-state index in [2.05, 4.69) is 0 Å². The molecular formula is C23H23F2NO7S. The molecule has 182 valence electrons. The van der Waals surface area contributed by atoms with Crippen LogP contribution in [0.15, 0.2) is 47.4 Å². The molecule has 2 aromatic carbocycles. The quantitative estimate of drug-likeness (QED) is 0.316. The third kappa shape index (κ3) is 5.85. The molecule has 1 aliphatic heterocycles. The van der Waals surface area contributed by atoms with Crippen LogP contribution < -0.4 is 4.74 Å². The monoisotopic (exact) mass is 495 g/mol.